The molecule has 0 radical (unpaired) electrons. The zero-order valence-electron chi connectivity index (χ0n) is 12.6. The number of hydrogen-bond donors (Lipinski definition) is 1. The molecule has 1 N–H and O–H groups in total. The predicted octanol–water partition coefficient (Wildman–Crippen LogP) is 3.28. The van der Waals surface area contributed by atoms with Gasteiger partial charge in [0.1, 0.15) is 0 Å². The second-order valence-corrected chi connectivity index (χ2v) is 6.60. The van der Waals surface area contributed by atoms with E-state index in [1.807, 2.05) is 0 Å². The summed E-state index contributed by atoms with van der Waals surface area (Å²) in [6.45, 7) is 15.4. The van der Waals surface area contributed by atoms with Crippen LogP contribution in [0, 0.1) is 5.41 Å². The van der Waals surface area contributed by atoms with Crippen molar-refractivity contribution in [1.29, 1.82) is 0 Å². The Kier molecular flexibility index (Phi) is 5.94. The first-order valence-electron chi connectivity index (χ1n) is 7.42. The van der Waals surface area contributed by atoms with E-state index in [1.54, 1.807) is 0 Å². The molecule has 0 aromatic heterocycles. The summed E-state index contributed by atoms with van der Waals surface area (Å²) in [6, 6.07) is 1.37. The second kappa shape index (κ2) is 6.75. The largest absolute Gasteiger partial charge is 0.314 e. The number of nitrogens with one attached hydrogen (secondary N) is 1. The first-order valence-corrected chi connectivity index (χ1v) is 7.42. The molecule has 0 amide bonds. The molecule has 0 aliphatic carbocycles. The van der Waals surface area contributed by atoms with Crippen LogP contribution in [0.4, 0.5) is 0 Å². The summed E-state index contributed by atoms with van der Waals surface area (Å²) in [5, 5.41) is 3.52. The van der Waals surface area contributed by atoms with E-state index < -0.39 is 0 Å². The maximum absolute atomic E-state index is 3.52. The third-order valence-corrected chi connectivity index (χ3v) is 4.25. The summed E-state index contributed by atoms with van der Waals surface area (Å²) >= 11 is 0. The average molecular weight is 240 g/mol. The lowest BCUT2D eigenvalue weighted by Gasteiger charge is -2.30. The fourth-order valence-electron chi connectivity index (χ4n) is 2.98. The minimum absolute atomic E-state index is 0.557. The molecule has 0 bridgehead atoms. The zero-order valence-corrected chi connectivity index (χ0v) is 12.6. The van der Waals surface area contributed by atoms with Crippen molar-refractivity contribution >= 4 is 0 Å². The van der Waals surface area contributed by atoms with Crippen LogP contribution in [0.5, 0.6) is 0 Å². The lowest BCUT2D eigenvalue weighted by atomic mass is 9.85. The van der Waals surface area contributed by atoms with Gasteiger partial charge in [-0.2, -0.15) is 0 Å². The Morgan fingerprint density at radius 3 is 2.53 bits per heavy atom. The van der Waals surface area contributed by atoms with Crippen molar-refractivity contribution in [2.24, 2.45) is 5.41 Å². The summed E-state index contributed by atoms with van der Waals surface area (Å²) in [6.07, 6.45) is 5.38. The highest BCUT2D eigenvalue weighted by Gasteiger charge is 2.25. The average Bonchev–Trinajstić information content (AvgIpc) is 2.39. The molecule has 0 saturated carbocycles. The molecule has 1 aliphatic rings. The molecule has 2 unspecified atom stereocenters. The van der Waals surface area contributed by atoms with Gasteiger partial charge >= 0.3 is 0 Å². The fourth-order valence-corrected chi connectivity index (χ4v) is 2.98. The van der Waals surface area contributed by atoms with Gasteiger partial charge in [-0.05, 0) is 64.6 Å². The van der Waals surface area contributed by atoms with E-state index in [0.29, 0.717) is 11.5 Å². The summed E-state index contributed by atoms with van der Waals surface area (Å²) in [4.78, 5) is 2.70. The fraction of sp³-hybridized carbons (Fsp3) is 1.00. The van der Waals surface area contributed by atoms with Crippen LogP contribution in [-0.2, 0) is 0 Å². The van der Waals surface area contributed by atoms with Gasteiger partial charge in [-0.25, -0.2) is 0 Å². The maximum atomic E-state index is 3.52. The number of likely N-dealkylation sites (tertiary alicyclic amines) is 1. The van der Waals surface area contributed by atoms with Gasteiger partial charge in [0.05, 0.1) is 0 Å². The Hall–Kier alpha value is -0.0800. The number of nitrogens with zero attached hydrogens (tertiary/aromatic N) is 1. The topological polar surface area (TPSA) is 15.3 Å². The molecular formula is C15H32N2. The first-order chi connectivity index (χ1) is 7.94. The van der Waals surface area contributed by atoms with Crippen molar-refractivity contribution in [3.8, 4) is 0 Å². The smallest absolute Gasteiger partial charge is 0.00816 e. The lowest BCUT2D eigenvalue weighted by molar-refractivity contribution is 0.188. The lowest BCUT2D eigenvalue weighted by Crippen LogP contribution is -2.39. The molecule has 1 rings (SSSR count). The van der Waals surface area contributed by atoms with E-state index in [-0.39, 0.29) is 0 Å². The van der Waals surface area contributed by atoms with Crippen LogP contribution >= 0.6 is 0 Å². The monoisotopic (exact) mass is 240 g/mol. The molecule has 1 saturated heterocycles. The van der Waals surface area contributed by atoms with E-state index in [1.165, 1.54) is 38.8 Å². The van der Waals surface area contributed by atoms with E-state index >= 15 is 0 Å². The van der Waals surface area contributed by atoms with Gasteiger partial charge in [0.2, 0.25) is 0 Å². The molecule has 0 aromatic carbocycles. The van der Waals surface area contributed by atoms with Crippen molar-refractivity contribution in [1.82, 2.24) is 10.2 Å². The van der Waals surface area contributed by atoms with Crippen molar-refractivity contribution in [2.45, 2.75) is 72.4 Å². The van der Waals surface area contributed by atoms with Crippen LogP contribution in [0.15, 0.2) is 0 Å². The van der Waals surface area contributed by atoms with Gasteiger partial charge in [-0.1, -0.05) is 20.8 Å². The Labute approximate surface area is 108 Å². The van der Waals surface area contributed by atoms with Crippen LogP contribution in [0.3, 0.4) is 0 Å². The third-order valence-electron chi connectivity index (χ3n) is 4.25. The van der Waals surface area contributed by atoms with E-state index in [4.69, 9.17) is 0 Å². The normalized spacial score (nSPS) is 25.2. The van der Waals surface area contributed by atoms with Gasteiger partial charge in [0, 0.05) is 12.1 Å². The summed E-state index contributed by atoms with van der Waals surface area (Å²) < 4.78 is 0. The van der Waals surface area contributed by atoms with Crippen molar-refractivity contribution in [2.75, 3.05) is 19.6 Å². The Morgan fingerprint density at radius 2 is 1.88 bits per heavy atom. The van der Waals surface area contributed by atoms with Gasteiger partial charge in [0.15, 0.2) is 0 Å². The molecular weight excluding hydrogens is 208 g/mol. The molecule has 102 valence electrons. The second-order valence-electron chi connectivity index (χ2n) is 6.60. The van der Waals surface area contributed by atoms with Gasteiger partial charge in [0.25, 0.3) is 0 Å². The quantitative estimate of drug-likeness (QED) is 0.793. The minimum Gasteiger partial charge on any atom is -0.314 e. The molecule has 1 fully saturated rings. The highest BCUT2D eigenvalue weighted by Crippen LogP contribution is 2.30. The van der Waals surface area contributed by atoms with Crippen molar-refractivity contribution < 1.29 is 0 Å². The van der Waals surface area contributed by atoms with Crippen molar-refractivity contribution in [3.05, 3.63) is 0 Å². The highest BCUT2D eigenvalue weighted by atomic mass is 15.2. The standard InChI is InChI=1S/C15H32N2/c1-6-16-13(2)12-14(3)17-10-7-8-15(4,5)9-11-17/h13-14,16H,6-12H2,1-5H3. The van der Waals surface area contributed by atoms with E-state index in [2.05, 4.69) is 44.8 Å². The molecule has 2 heteroatoms. The molecule has 0 spiro atoms. The van der Waals surface area contributed by atoms with Gasteiger partial charge in [-0.15, -0.1) is 0 Å². The summed E-state index contributed by atoms with van der Waals surface area (Å²) in [5.41, 5.74) is 0.557. The van der Waals surface area contributed by atoms with E-state index in [0.717, 1.165) is 12.6 Å². The van der Waals surface area contributed by atoms with Crippen LogP contribution < -0.4 is 5.32 Å². The minimum atomic E-state index is 0.557. The van der Waals surface area contributed by atoms with Gasteiger partial charge in [-0.3, -0.25) is 0 Å². The zero-order chi connectivity index (χ0) is 12.9. The van der Waals surface area contributed by atoms with Crippen LogP contribution in [0.1, 0.15) is 60.3 Å². The number of hydrogen-bond acceptors (Lipinski definition) is 2. The summed E-state index contributed by atoms with van der Waals surface area (Å²) in [5.74, 6) is 0. The van der Waals surface area contributed by atoms with Crippen LogP contribution in [0.25, 0.3) is 0 Å². The third kappa shape index (κ3) is 5.39. The summed E-state index contributed by atoms with van der Waals surface area (Å²) in [7, 11) is 0. The molecule has 0 aromatic rings. The van der Waals surface area contributed by atoms with Crippen LogP contribution in [0.2, 0.25) is 0 Å². The Bertz CT molecular complexity index is 213. The first kappa shape index (κ1) is 15.0. The maximum Gasteiger partial charge on any atom is 0.00816 e. The Morgan fingerprint density at radius 1 is 1.18 bits per heavy atom. The highest BCUT2D eigenvalue weighted by molar-refractivity contribution is 4.80. The predicted molar refractivity (Wildman–Crippen MR) is 76.4 cm³/mol. The van der Waals surface area contributed by atoms with Gasteiger partial charge < -0.3 is 10.2 Å². The Balaban J connectivity index is 2.38. The molecule has 1 heterocycles. The van der Waals surface area contributed by atoms with E-state index in [9.17, 15) is 0 Å². The SMILES string of the molecule is CCNC(C)CC(C)N1CCCC(C)(C)CC1. The number of rotatable bonds is 5. The molecule has 1 aliphatic heterocycles. The molecule has 2 nitrogen and oxygen atoms in total. The van der Waals surface area contributed by atoms with Crippen molar-refractivity contribution in [3.63, 3.8) is 0 Å². The van der Waals surface area contributed by atoms with Crippen LogP contribution in [-0.4, -0.2) is 36.6 Å². The molecule has 2 atom stereocenters. The molecule has 17 heavy (non-hydrogen) atoms.